The average Bonchev–Trinajstić information content (AvgIpc) is 2.51. The highest BCUT2D eigenvalue weighted by Gasteiger charge is 2.43. The number of hydrogen-bond donors (Lipinski definition) is 1. The smallest absolute Gasteiger partial charge is 0.0746 e. The van der Waals surface area contributed by atoms with Crippen molar-refractivity contribution in [2.24, 2.45) is 5.92 Å². The Morgan fingerprint density at radius 1 is 1.15 bits per heavy atom. The van der Waals surface area contributed by atoms with E-state index in [4.69, 9.17) is 0 Å². The topological polar surface area (TPSA) is 23.5 Å². The van der Waals surface area contributed by atoms with E-state index >= 15 is 0 Å². The van der Waals surface area contributed by atoms with Crippen molar-refractivity contribution in [1.82, 2.24) is 4.90 Å². The van der Waals surface area contributed by atoms with E-state index in [2.05, 4.69) is 32.8 Å². The lowest BCUT2D eigenvalue weighted by Gasteiger charge is -2.42. The second-order valence-electron chi connectivity index (χ2n) is 4.89. The van der Waals surface area contributed by atoms with Crippen LogP contribution in [0.1, 0.15) is 39.5 Å². The molecule has 1 atom stereocenters. The zero-order valence-electron chi connectivity index (χ0n) is 9.38. The molecule has 1 unspecified atom stereocenters. The van der Waals surface area contributed by atoms with Crippen LogP contribution in [0.3, 0.4) is 0 Å². The maximum atomic E-state index is 10.2. The van der Waals surface area contributed by atoms with Gasteiger partial charge in [0.25, 0.3) is 0 Å². The predicted molar refractivity (Wildman–Crippen MR) is 55.7 cm³/mol. The molecule has 13 heavy (non-hydrogen) atoms. The van der Waals surface area contributed by atoms with Gasteiger partial charge < -0.3 is 10.0 Å². The lowest BCUT2D eigenvalue weighted by molar-refractivity contribution is -0.0298. The van der Waals surface area contributed by atoms with Crippen LogP contribution in [0.25, 0.3) is 0 Å². The average molecular weight is 185 g/mol. The summed E-state index contributed by atoms with van der Waals surface area (Å²) in [6.45, 7) is 4.21. The summed E-state index contributed by atoms with van der Waals surface area (Å²) in [5, 5.41) is 10.2. The summed E-state index contributed by atoms with van der Waals surface area (Å²) in [6, 6.07) is 0. The molecule has 78 valence electrons. The Labute approximate surface area is 81.9 Å². The Morgan fingerprint density at radius 3 is 1.92 bits per heavy atom. The highest BCUT2D eigenvalue weighted by atomic mass is 16.3. The summed E-state index contributed by atoms with van der Waals surface area (Å²) < 4.78 is 0. The summed E-state index contributed by atoms with van der Waals surface area (Å²) in [5.41, 5.74) is 0.0637. The van der Waals surface area contributed by atoms with E-state index in [-0.39, 0.29) is 11.6 Å². The van der Waals surface area contributed by atoms with Crippen LogP contribution in [-0.2, 0) is 0 Å². The van der Waals surface area contributed by atoms with Crippen LogP contribution < -0.4 is 0 Å². The first-order chi connectivity index (χ1) is 6.00. The molecule has 1 fully saturated rings. The van der Waals surface area contributed by atoms with Gasteiger partial charge in [-0.25, -0.2) is 0 Å². The first-order valence-electron chi connectivity index (χ1n) is 5.36. The molecule has 0 amide bonds. The van der Waals surface area contributed by atoms with Crippen molar-refractivity contribution in [1.29, 1.82) is 0 Å². The highest BCUT2D eigenvalue weighted by Crippen LogP contribution is 2.38. The van der Waals surface area contributed by atoms with E-state index in [1.807, 2.05) is 0 Å². The van der Waals surface area contributed by atoms with Crippen LogP contribution in [0, 0.1) is 5.92 Å². The standard InChI is InChI=1S/C11H23NO/c1-9(2)10(13)11(12(3)4)7-5-6-8-11/h9-10,13H,5-8H2,1-4H3. The van der Waals surface area contributed by atoms with Gasteiger partial charge in [-0.3, -0.25) is 0 Å². The molecule has 0 bridgehead atoms. The van der Waals surface area contributed by atoms with Crippen molar-refractivity contribution >= 4 is 0 Å². The van der Waals surface area contributed by atoms with Crippen molar-refractivity contribution in [2.75, 3.05) is 14.1 Å². The van der Waals surface area contributed by atoms with E-state index in [1.165, 1.54) is 12.8 Å². The third-order valence-corrected chi connectivity index (χ3v) is 3.54. The minimum absolute atomic E-state index is 0.0637. The molecule has 0 aromatic heterocycles. The molecule has 1 rings (SSSR count). The molecule has 1 N–H and O–H groups in total. The summed E-state index contributed by atoms with van der Waals surface area (Å²) in [6.07, 6.45) is 4.66. The fourth-order valence-electron chi connectivity index (χ4n) is 2.62. The van der Waals surface area contributed by atoms with E-state index in [0.29, 0.717) is 5.92 Å². The second-order valence-corrected chi connectivity index (χ2v) is 4.89. The zero-order valence-corrected chi connectivity index (χ0v) is 9.38. The van der Waals surface area contributed by atoms with Gasteiger partial charge in [0.2, 0.25) is 0 Å². The Kier molecular flexibility index (Phi) is 3.36. The van der Waals surface area contributed by atoms with Crippen molar-refractivity contribution in [2.45, 2.75) is 51.2 Å². The van der Waals surface area contributed by atoms with Crippen LogP contribution in [-0.4, -0.2) is 35.7 Å². The molecule has 1 aliphatic rings. The van der Waals surface area contributed by atoms with Crippen molar-refractivity contribution in [3.8, 4) is 0 Å². The number of aliphatic hydroxyl groups excluding tert-OH is 1. The van der Waals surface area contributed by atoms with Gasteiger partial charge in [-0.05, 0) is 32.9 Å². The Morgan fingerprint density at radius 2 is 1.62 bits per heavy atom. The number of hydrogen-bond acceptors (Lipinski definition) is 2. The van der Waals surface area contributed by atoms with Gasteiger partial charge >= 0.3 is 0 Å². The van der Waals surface area contributed by atoms with E-state index in [0.717, 1.165) is 12.8 Å². The second kappa shape index (κ2) is 3.97. The predicted octanol–water partition coefficient (Wildman–Crippen LogP) is 1.88. The van der Waals surface area contributed by atoms with E-state index in [1.54, 1.807) is 0 Å². The fraction of sp³-hybridized carbons (Fsp3) is 1.00. The molecule has 2 heteroatoms. The van der Waals surface area contributed by atoms with Crippen LogP contribution in [0.15, 0.2) is 0 Å². The molecule has 0 spiro atoms. The van der Waals surface area contributed by atoms with Crippen LogP contribution >= 0.6 is 0 Å². The van der Waals surface area contributed by atoms with Gasteiger partial charge in [0, 0.05) is 5.54 Å². The van der Waals surface area contributed by atoms with Gasteiger partial charge in [0.15, 0.2) is 0 Å². The summed E-state index contributed by atoms with van der Waals surface area (Å²) in [4.78, 5) is 2.23. The zero-order chi connectivity index (χ0) is 10.1. The third-order valence-electron chi connectivity index (χ3n) is 3.54. The van der Waals surface area contributed by atoms with E-state index < -0.39 is 0 Å². The fourth-order valence-corrected chi connectivity index (χ4v) is 2.62. The van der Waals surface area contributed by atoms with Crippen molar-refractivity contribution in [3.63, 3.8) is 0 Å². The quantitative estimate of drug-likeness (QED) is 0.725. The molecule has 0 heterocycles. The van der Waals surface area contributed by atoms with Gasteiger partial charge in [0.05, 0.1) is 6.10 Å². The molecule has 1 saturated carbocycles. The third kappa shape index (κ3) is 1.89. The summed E-state index contributed by atoms with van der Waals surface area (Å²) in [7, 11) is 4.19. The normalized spacial score (nSPS) is 24.2. The van der Waals surface area contributed by atoms with Gasteiger partial charge in [-0.1, -0.05) is 26.7 Å². The molecular formula is C11H23NO. The van der Waals surface area contributed by atoms with E-state index in [9.17, 15) is 5.11 Å². The number of rotatable bonds is 3. The van der Waals surface area contributed by atoms with Gasteiger partial charge in [-0.15, -0.1) is 0 Å². The minimum Gasteiger partial charge on any atom is -0.391 e. The molecule has 1 aliphatic carbocycles. The summed E-state index contributed by atoms with van der Waals surface area (Å²) >= 11 is 0. The first-order valence-corrected chi connectivity index (χ1v) is 5.36. The molecule has 0 aliphatic heterocycles. The Bertz CT molecular complexity index is 159. The largest absolute Gasteiger partial charge is 0.391 e. The number of nitrogens with zero attached hydrogens (tertiary/aromatic N) is 1. The molecule has 0 saturated heterocycles. The lowest BCUT2D eigenvalue weighted by atomic mass is 9.83. The Balaban J connectivity index is 2.78. The lowest BCUT2D eigenvalue weighted by Crippen LogP contribution is -2.53. The molecule has 2 nitrogen and oxygen atoms in total. The van der Waals surface area contributed by atoms with Crippen molar-refractivity contribution < 1.29 is 5.11 Å². The number of likely N-dealkylation sites (N-methyl/N-ethyl adjacent to an activating group) is 1. The maximum Gasteiger partial charge on any atom is 0.0746 e. The summed E-state index contributed by atoms with van der Waals surface area (Å²) in [5.74, 6) is 0.362. The SMILES string of the molecule is CC(C)C(O)C1(N(C)C)CCCC1. The van der Waals surface area contributed by atoms with Gasteiger partial charge in [-0.2, -0.15) is 0 Å². The molecular weight excluding hydrogens is 162 g/mol. The highest BCUT2D eigenvalue weighted by molar-refractivity contribution is 4.99. The molecule has 0 aromatic rings. The maximum absolute atomic E-state index is 10.2. The number of aliphatic hydroxyl groups is 1. The van der Waals surface area contributed by atoms with Crippen LogP contribution in [0.2, 0.25) is 0 Å². The first kappa shape index (κ1) is 11.0. The minimum atomic E-state index is -0.176. The Hall–Kier alpha value is -0.0800. The van der Waals surface area contributed by atoms with Crippen LogP contribution in [0.4, 0.5) is 0 Å². The molecule has 0 aromatic carbocycles. The monoisotopic (exact) mass is 185 g/mol. The molecule has 0 radical (unpaired) electrons. The van der Waals surface area contributed by atoms with Crippen molar-refractivity contribution in [3.05, 3.63) is 0 Å². The van der Waals surface area contributed by atoms with Crippen LogP contribution in [0.5, 0.6) is 0 Å². The van der Waals surface area contributed by atoms with Gasteiger partial charge in [0.1, 0.15) is 0 Å².